The quantitative estimate of drug-likeness (QED) is 0.767. The van der Waals surface area contributed by atoms with E-state index in [2.05, 4.69) is 10.6 Å². The second-order valence-corrected chi connectivity index (χ2v) is 5.79. The monoisotopic (exact) mass is 340 g/mol. The summed E-state index contributed by atoms with van der Waals surface area (Å²) < 4.78 is 51.0. The van der Waals surface area contributed by atoms with E-state index in [4.69, 9.17) is 0 Å². The molecule has 2 rings (SSSR count). The Labute approximate surface area is 136 Å². The van der Waals surface area contributed by atoms with Crippen molar-refractivity contribution in [2.45, 2.75) is 25.6 Å². The van der Waals surface area contributed by atoms with Crippen LogP contribution in [-0.2, 0) is 11.7 Å². The molecular weight excluding hydrogens is 324 g/mol. The highest BCUT2D eigenvalue weighted by atomic mass is 19.4. The van der Waals surface area contributed by atoms with Crippen molar-refractivity contribution < 1.29 is 22.4 Å². The molecule has 0 saturated heterocycles. The summed E-state index contributed by atoms with van der Waals surface area (Å²) in [5, 5.41) is 5.01. The molecule has 3 nitrogen and oxygen atoms in total. The van der Waals surface area contributed by atoms with Crippen LogP contribution < -0.4 is 10.6 Å². The van der Waals surface area contributed by atoms with Crippen molar-refractivity contribution in [2.24, 2.45) is 0 Å². The normalized spacial score (nSPS) is 11.9. The minimum absolute atomic E-state index is 0.0252. The van der Waals surface area contributed by atoms with Crippen molar-refractivity contribution in [2.75, 3.05) is 5.32 Å². The van der Waals surface area contributed by atoms with Crippen LogP contribution in [0.3, 0.4) is 0 Å². The van der Waals surface area contributed by atoms with Gasteiger partial charge in [-0.25, -0.2) is 9.18 Å². The SMILES string of the molecule is CC(C)(NC(=O)Nc1cccc(C(F)(F)F)c1)c1ccc(F)cc1. The summed E-state index contributed by atoms with van der Waals surface area (Å²) in [4.78, 5) is 12.1. The molecule has 2 aromatic rings. The summed E-state index contributed by atoms with van der Waals surface area (Å²) in [6, 6.07) is 9.27. The number of halogens is 4. The van der Waals surface area contributed by atoms with Crippen LogP contribution in [0.5, 0.6) is 0 Å². The predicted octanol–water partition coefficient (Wildman–Crippen LogP) is 4.90. The van der Waals surface area contributed by atoms with Crippen LogP contribution in [0, 0.1) is 5.82 Å². The second-order valence-electron chi connectivity index (χ2n) is 5.79. The van der Waals surface area contributed by atoms with E-state index in [1.807, 2.05) is 0 Å². The van der Waals surface area contributed by atoms with Crippen molar-refractivity contribution in [3.8, 4) is 0 Å². The first-order valence-corrected chi connectivity index (χ1v) is 7.10. The molecule has 0 atom stereocenters. The maximum absolute atomic E-state index is 13.0. The maximum atomic E-state index is 13.0. The molecule has 0 radical (unpaired) electrons. The van der Waals surface area contributed by atoms with E-state index in [0.717, 1.165) is 12.1 Å². The standard InChI is InChI=1S/C17H16F4N2O/c1-16(2,11-6-8-13(18)9-7-11)23-15(24)22-14-5-3-4-12(10-14)17(19,20)21/h3-10H,1-2H3,(H2,22,23,24). The van der Waals surface area contributed by atoms with Gasteiger partial charge in [0, 0.05) is 5.69 Å². The van der Waals surface area contributed by atoms with Gasteiger partial charge in [-0.3, -0.25) is 0 Å². The molecule has 0 fully saturated rings. The first-order chi connectivity index (χ1) is 11.1. The molecule has 2 aromatic carbocycles. The van der Waals surface area contributed by atoms with E-state index in [1.54, 1.807) is 13.8 Å². The summed E-state index contributed by atoms with van der Waals surface area (Å²) in [5.41, 5.74) is -1.00. The van der Waals surface area contributed by atoms with Crippen LogP contribution in [0.2, 0.25) is 0 Å². The number of rotatable bonds is 3. The van der Waals surface area contributed by atoms with Crippen molar-refractivity contribution in [1.82, 2.24) is 5.32 Å². The summed E-state index contributed by atoms with van der Waals surface area (Å²) in [5.74, 6) is -0.400. The molecule has 128 valence electrons. The minimum atomic E-state index is -4.48. The lowest BCUT2D eigenvalue weighted by Crippen LogP contribution is -2.43. The van der Waals surface area contributed by atoms with Gasteiger partial charge in [0.1, 0.15) is 5.82 Å². The molecule has 0 spiro atoms. The summed E-state index contributed by atoms with van der Waals surface area (Å²) >= 11 is 0. The number of nitrogens with one attached hydrogen (secondary N) is 2. The zero-order valence-electron chi connectivity index (χ0n) is 13.0. The molecule has 0 unspecified atom stereocenters. The second kappa shape index (κ2) is 6.51. The highest BCUT2D eigenvalue weighted by Gasteiger charge is 2.30. The first kappa shape index (κ1) is 17.8. The Morgan fingerprint density at radius 1 is 0.958 bits per heavy atom. The lowest BCUT2D eigenvalue weighted by atomic mass is 9.94. The number of anilines is 1. The van der Waals surface area contributed by atoms with Gasteiger partial charge in [0.15, 0.2) is 0 Å². The van der Waals surface area contributed by atoms with Crippen LogP contribution in [-0.4, -0.2) is 6.03 Å². The summed E-state index contributed by atoms with van der Waals surface area (Å²) in [6.07, 6.45) is -4.48. The molecule has 2 amide bonds. The zero-order valence-corrected chi connectivity index (χ0v) is 13.0. The minimum Gasteiger partial charge on any atom is -0.329 e. The number of carbonyl (C=O) groups excluding carboxylic acids is 1. The van der Waals surface area contributed by atoms with E-state index in [1.165, 1.54) is 36.4 Å². The van der Waals surface area contributed by atoms with E-state index in [9.17, 15) is 22.4 Å². The van der Waals surface area contributed by atoms with Gasteiger partial charge in [-0.15, -0.1) is 0 Å². The first-order valence-electron chi connectivity index (χ1n) is 7.10. The Morgan fingerprint density at radius 2 is 1.58 bits per heavy atom. The van der Waals surface area contributed by atoms with Crippen LogP contribution in [0.4, 0.5) is 28.0 Å². The number of benzene rings is 2. The Hall–Kier alpha value is -2.57. The Morgan fingerprint density at radius 3 is 2.17 bits per heavy atom. The maximum Gasteiger partial charge on any atom is 0.416 e. The molecule has 0 saturated carbocycles. The molecule has 0 bridgehead atoms. The topological polar surface area (TPSA) is 41.1 Å². The van der Waals surface area contributed by atoms with Crippen molar-refractivity contribution in [3.63, 3.8) is 0 Å². The van der Waals surface area contributed by atoms with Gasteiger partial charge in [0.2, 0.25) is 0 Å². The van der Waals surface area contributed by atoms with Crippen molar-refractivity contribution in [3.05, 3.63) is 65.5 Å². The Balaban J connectivity index is 2.09. The number of carbonyl (C=O) groups is 1. The van der Waals surface area contributed by atoms with E-state index >= 15 is 0 Å². The average molecular weight is 340 g/mol. The highest BCUT2D eigenvalue weighted by Crippen LogP contribution is 2.30. The number of alkyl halides is 3. The number of amides is 2. The van der Waals surface area contributed by atoms with Gasteiger partial charge < -0.3 is 10.6 Å². The molecule has 0 heterocycles. The van der Waals surface area contributed by atoms with Crippen LogP contribution in [0.1, 0.15) is 25.0 Å². The van der Waals surface area contributed by atoms with Crippen LogP contribution >= 0.6 is 0 Å². The third-order valence-electron chi connectivity index (χ3n) is 3.44. The number of urea groups is 1. The highest BCUT2D eigenvalue weighted by molar-refractivity contribution is 5.89. The fraction of sp³-hybridized carbons (Fsp3) is 0.235. The van der Waals surface area contributed by atoms with Crippen molar-refractivity contribution >= 4 is 11.7 Å². The third kappa shape index (κ3) is 4.47. The third-order valence-corrected chi connectivity index (χ3v) is 3.44. The Bertz CT molecular complexity index is 724. The fourth-order valence-corrected chi connectivity index (χ4v) is 2.16. The molecule has 2 N–H and O–H groups in total. The van der Waals surface area contributed by atoms with E-state index < -0.39 is 29.1 Å². The lowest BCUT2D eigenvalue weighted by molar-refractivity contribution is -0.137. The molecule has 24 heavy (non-hydrogen) atoms. The summed E-state index contributed by atoms with van der Waals surface area (Å²) in [6.45, 7) is 3.40. The molecule has 0 aliphatic heterocycles. The van der Waals surface area contributed by atoms with E-state index in [0.29, 0.717) is 5.56 Å². The number of hydrogen-bond acceptors (Lipinski definition) is 1. The van der Waals surface area contributed by atoms with Gasteiger partial charge in [-0.2, -0.15) is 13.2 Å². The average Bonchev–Trinajstić information content (AvgIpc) is 2.46. The molecular formula is C17H16F4N2O. The van der Waals surface area contributed by atoms with E-state index in [-0.39, 0.29) is 5.69 Å². The fourth-order valence-electron chi connectivity index (χ4n) is 2.16. The summed E-state index contributed by atoms with van der Waals surface area (Å²) in [7, 11) is 0. The van der Waals surface area contributed by atoms with Gasteiger partial charge in [0.25, 0.3) is 0 Å². The largest absolute Gasteiger partial charge is 0.416 e. The number of hydrogen-bond donors (Lipinski definition) is 2. The van der Waals surface area contributed by atoms with Gasteiger partial charge in [0.05, 0.1) is 11.1 Å². The lowest BCUT2D eigenvalue weighted by Gasteiger charge is -2.27. The molecule has 0 aromatic heterocycles. The Kier molecular flexibility index (Phi) is 4.82. The van der Waals surface area contributed by atoms with Crippen LogP contribution in [0.15, 0.2) is 48.5 Å². The van der Waals surface area contributed by atoms with Crippen molar-refractivity contribution in [1.29, 1.82) is 0 Å². The van der Waals surface area contributed by atoms with Gasteiger partial charge in [-0.05, 0) is 49.7 Å². The van der Waals surface area contributed by atoms with Gasteiger partial charge in [-0.1, -0.05) is 18.2 Å². The predicted molar refractivity (Wildman–Crippen MR) is 83.0 cm³/mol. The molecule has 0 aliphatic rings. The molecule has 0 aliphatic carbocycles. The van der Waals surface area contributed by atoms with Crippen LogP contribution in [0.25, 0.3) is 0 Å². The van der Waals surface area contributed by atoms with Gasteiger partial charge >= 0.3 is 12.2 Å². The molecule has 7 heteroatoms. The smallest absolute Gasteiger partial charge is 0.329 e. The zero-order chi connectivity index (χ0) is 18.0.